The number of para-hydroxylation sites is 1. The molecular weight excluding hydrogens is 550 g/mol. The Morgan fingerprint density at radius 2 is 1.84 bits per heavy atom. The molecule has 1 aliphatic rings. The number of likely N-dealkylation sites (tertiary alicyclic amines) is 1. The number of pyridine rings is 1. The Kier molecular flexibility index (Phi) is 8.79. The average Bonchev–Trinajstić information content (AvgIpc) is 3.64. The molecule has 3 aromatic carbocycles. The van der Waals surface area contributed by atoms with Gasteiger partial charge in [0.15, 0.2) is 0 Å². The van der Waals surface area contributed by atoms with Gasteiger partial charge in [0.25, 0.3) is 0 Å². The first-order valence-corrected chi connectivity index (χ1v) is 15.6. The first-order chi connectivity index (χ1) is 21.4. The van der Waals surface area contributed by atoms with Crippen LogP contribution in [0.3, 0.4) is 0 Å². The quantitative estimate of drug-likeness (QED) is 0.169. The van der Waals surface area contributed by atoms with Crippen LogP contribution in [0.15, 0.2) is 72.9 Å². The molecule has 8 heteroatoms. The van der Waals surface area contributed by atoms with Gasteiger partial charge in [-0.2, -0.15) is 5.10 Å². The van der Waals surface area contributed by atoms with Gasteiger partial charge in [0.1, 0.15) is 23.9 Å². The van der Waals surface area contributed by atoms with Gasteiger partial charge in [0.2, 0.25) is 0 Å². The van der Waals surface area contributed by atoms with E-state index in [4.69, 9.17) is 20.3 Å². The highest BCUT2D eigenvalue weighted by Gasteiger charge is 2.27. The number of fused-ring (bicyclic) bond motifs is 2. The van der Waals surface area contributed by atoms with Crippen LogP contribution in [0.2, 0.25) is 0 Å². The number of hydrogen-bond donors (Lipinski definition) is 1. The van der Waals surface area contributed by atoms with E-state index in [-0.39, 0.29) is 19.0 Å². The molecule has 1 saturated heterocycles. The van der Waals surface area contributed by atoms with Crippen molar-refractivity contribution in [2.75, 3.05) is 32.0 Å². The van der Waals surface area contributed by atoms with Crippen molar-refractivity contribution in [3.05, 3.63) is 84.2 Å². The minimum absolute atomic E-state index is 0.164. The zero-order chi connectivity index (χ0) is 30.6. The van der Waals surface area contributed by atoms with Crippen LogP contribution in [-0.4, -0.2) is 51.9 Å². The van der Waals surface area contributed by atoms with Crippen LogP contribution >= 0.6 is 0 Å². The van der Waals surface area contributed by atoms with Gasteiger partial charge in [-0.05, 0) is 79.1 Å². The summed E-state index contributed by atoms with van der Waals surface area (Å²) in [6, 6.07) is 22.8. The highest BCUT2D eigenvalue weighted by Crippen LogP contribution is 2.34. The number of hydrogen-bond acceptors (Lipinski definition) is 7. The monoisotopic (exact) mass is 591 g/mol. The van der Waals surface area contributed by atoms with Crippen LogP contribution in [0, 0.1) is 5.92 Å². The first-order valence-electron chi connectivity index (χ1n) is 15.6. The summed E-state index contributed by atoms with van der Waals surface area (Å²) in [4.78, 5) is 19.1. The third kappa shape index (κ3) is 6.40. The molecule has 8 nitrogen and oxygen atoms in total. The molecule has 3 heterocycles. The van der Waals surface area contributed by atoms with Gasteiger partial charge in [0.05, 0.1) is 24.6 Å². The summed E-state index contributed by atoms with van der Waals surface area (Å²) in [7, 11) is 0. The number of nitrogen functional groups attached to an aromatic ring is 1. The van der Waals surface area contributed by atoms with Gasteiger partial charge in [-0.25, -0.2) is 4.98 Å². The van der Waals surface area contributed by atoms with Crippen molar-refractivity contribution in [1.82, 2.24) is 19.7 Å². The molecule has 5 aromatic rings. The largest absolute Gasteiger partial charge is 0.487 e. The Morgan fingerprint density at radius 3 is 2.66 bits per heavy atom. The van der Waals surface area contributed by atoms with Gasteiger partial charge in [-0.1, -0.05) is 50.2 Å². The molecule has 1 fully saturated rings. The van der Waals surface area contributed by atoms with Crippen LogP contribution in [0.25, 0.3) is 32.8 Å². The van der Waals surface area contributed by atoms with Gasteiger partial charge in [-0.3, -0.25) is 9.48 Å². The molecule has 0 bridgehead atoms. The molecule has 2 N–H and O–H groups in total. The number of aromatic nitrogens is 3. The second-order valence-corrected chi connectivity index (χ2v) is 12.1. The zero-order valence-corrected chi connectivity index (χ0v) is 25.8. The number of ether oxygens (including phenoxy) is 2. The molecule has 1 atom stereocenters. The summed E-state index contributed by atoms with van der Waals surface area (Å²) in [6.07, 6.45) is 4.17. The molecule has 2 aromatic heterocycles. The van der Waals surface area contributed by atoms with Crippen molar-refractivity contribution in [3.63, 3.8) is 0 Å². The van der Waals surface area contributed by atoms with Gasteiger partial charge in [-0.15, -0.1) is 0 Å². The number of benzene rings is 3. The van der Waals surface area contributed by atoms with Crippen LogP contribution < -0.4 is 10.5 Å². The Morgan fingerprint density at radius 1 is 1.05 bits per heavy atom. The second-order valence-electron chi connectivity index (χ2n) is 12.1. The van der Waals surface area contributed by atoms with Crippen molar-refractivity contribution in [1.29, 1.82) is 0 Å². The maximum Gasteiger partial charge on any atom is 0.310 e. The molecule has 1 aliphatic heterocycles. The summed E-state index contributed by atoms with van der Waals surface area (Å²) in [5, 5.41) is 8.24. The Labute approximate surface area is 258 Å². The lowest BCUT2D eigenvalue weighted by atomic mass is 10.00. The van der Waals surface area contributed by atoms with Gasteiger partial charge < -0.3 is 20.1 Å². The molecule has 228 valence electrons. The topological polar surface area (TPSA) is 95.5 Å². The molecule has 6 rings (SSSR count). The maximum absolute atomic E-state index is 12.2. The lowest BCUT2D eigenvalue weighted by molar-refractivity contribution is -0.142. The van der Waals surface area contributed by atoms with E-state index in [9.17, 15) is 4.79 Å². The number of nitrogens with two attached hydrogens (primary N) is 1. The van der Waals surface area contributed by atoms with Crippen molar-refractivity contribution in [2.45, 2.75) is 52.7 Å². The van der Waals surface area contributed by atoms with Crippen molar-refractivity contribution in [2.24, 2.45) is 5.92 Å². The van der Waals surface area contributed by atoms with E-state index >= 15 is 0 Å². The predicted molar refractivity (Wildman–Crippen MR) is 176 cm³/mol. The third-order valence-corrected chi connectivity index (χ3v) is 8.51. The summed E-state index contributed by atoms with van der Waals surface area (Å²) in [5.74, 6) is 1.61. The van der Waals surface area contributed by atoms with Crippen LogP contribution in [0.1, 0.15) is 50.9 Å². The van der Waals surface area contributed by atoms with Gasteiger partial charge in [0, 0.05) is 35.6 Å². The fraction of sp³-hybridized carbons (Fsp3) is 0.361. The number of rotatable bonds is 11. The number of carbonyl (C=O) groups is 1. The highest BCUT2D eigenvalue weighted by molar-refractivity contribution is 5.95. The summed E-state index contributed by atoms with van der Waals surface area (Å²) >= 11 is 0. The van der Waals surface area contributed by atoms with Gasteiger partial charge >= 0.3 is 5.97 Å². The minimum Gasteiger partial charge on any atom is -0.487 e. The Hall–Kier alpha value is -4.43. The third-order valence-electron chi connectivity index (χ3n) is 8.51. The minimum atomic E-state index is -0.266. The molecule has 0 aliphatic carbocycles. The summed E-state index contributed by atoms with van der Waals surface area (Å²) < 4.78 is 13.8. The standard InChI is InChI=1S/C36H41N5O3/c1-4-43-35(42)21-28-7-5-6-8-34(28)44-23-32-31-20-27(26-10-9-25-13-16-38-36(37)30(25)19-26)11-12-33(31)41(39-32)29-15-18-40(22-29)17-14-24(2)3/h5-13,16,19-20,24,29H,4,14-15,17-18,21-23H2,1-3H3,(H2,37,38). The van der Waals surface area contributed by atoms with Crippen molar-refractivity contribution in [3.8, 4) is 16.9 Å². The second kappa shape index (κ2) is 13.1. The zero-order valence-electron chi connectivity index (χ0n) is 25.8. The molecule has 1 unspecified atom stereocenters. The SMILES string of the molecule is CCOC(=O)Cc1ccccc1OCc1nn(C2CCN(CCC(C)C)C2)c2ccc(-c3ccc4ccnc(N)c4c3)cc12. The Bertz CT molecular complexity index is 1780. The van der Waals surface area contributed by atoms with Crippen molar-refractivity contribution < 1.29 is 14.3 Å². The van der Waals surface area contributed by atoms with E-state index < -0.39 is 0 Å². The lowest BCUT2D eigenvalue weighted by Gasteiger charge is -2.17. The molecule has 44 heavy (non-hydrogen) atoms. The molecule has 0 spiro atoms. The molecule has 0 radical (unpaired) electrons. The first kappa shape index (κ1) is 29.6. The van der Waals surface area contributed by atoms with Crippen LogP contribution in [0.5, 0.6) is 5.75 Å². The summed E-state index contributed by atoms with van der Waals surface area (Å²) in [5.41, 5.74) is 11.1. The number of anilines is 1. The van der Waals surface area contributed by atoms with E-state index in [1.807, 2.05) is 37.3 Å². The van der Waals surface area contributed by atoms with Crippen LogP contribution in [0.4, 0.5) is 5.82 Å². The van der Waals surface area contributed by atoms with Crippen LogP contribution in [-0.2, 0) is 22.6 Å². The van der Waals surface area contributed by atoms with Crippen molar-refractivity contribution >= 4 is 33.5 Å². The normalized spacial score (nSPS) is 15.4. The molecular formula is C36H41N5O3. The summed E-state index contributed by atoms with van der Waals surface area (Å²) in [6.45, 7) is 10.2. The number of nitrogens with zero attached hydrogens (tertiary/aromatic N) is 4. The fourth-order valence-electron chi connectivity index (χ4n) is 6.10. The Balaban J connectivity index is 1.34. The fourth-order valence-corrected chi connectivity index (χ4v) is 6.10. The van der Waals surface area contributed by atoms with E-state index in [1.54, 1.807) is 6.20 Å². The number of carbonyl (C=O) groups excluding carboxylic acids is 1. The van der Waals surface area contributed by atoms with E-state index in [1.165, 1.54) is 6.42 Å². The predicted octanol–water partition coefficient (Wildman–Crippen LogP) is 6.81. The smallest absolute Gasteiger partial charge is 0.310 e. The molecule has 0 amide bonds. The number of esters is 1. The highest BCUT2D eigenvalue weighted by atomic mass is 16.5. The van der Waals surface area contributed by atoms with E-state index in [0.717, 1.165) is 70.1 Å². The van der Waals surface area contributed by atoms with E-state index in [2.05, 4.69) is 64.8 Å². The molecule has 0 saturated carbocycles. The lowest BCUT2D eigenvalue weighted by Crippen LogP contribution is -2.24. The average molecular weight is 592 g/mol. The van der Waals surface area contributed by atoms with E-state index in [0.29, 0.717) is 30.1 Å². The maximum atomic E-state index is 12.2.